The number of rotatable bonds is 3. The Morgan fingerprint density at radius 2 is 2.04 bits per heavy atom. The van der Waals surface area contributed by atoms with E-state index in [-0.39, 0.29) is 29.2 Å². The first-order valence-corrected chi connectivity index (χ1v) is 9.16. The van der Waals surface area contributed by atoms with Gasteiger partial charge in [-0.1, -0.05) is 18.2 Å². The number of para-hydroxylation sites is 1. The van der Waals surface area contributed by atoms with Gasteiger partial charge >= 0.3 is 5.69 Å². The number of anilines is 1. The predicted octanol–water partition coefficient (Wildman–Crippen LogP) is 1.26. The zero-order chi connectivity index (χ0) is 19.7. The van der Waals surface area contributed by atoms with Crippen molar-refractivity contribution < 1.29 is 4.79 Å². The number of nitrogens with one attached hydrogen (secondary N) is 1. The molecule has 9 nitrogen and oxygen atoms in total. The molecule has 1 aliphatic heterocycles. The van der Waals surface area contributed by atoms with Crippen molar-refractivity contribution in [2.45, 2.75) is 25.7 Å². The van der Waals surface area contributed by atoms with Gasteiger partial charge in [0.15, 0.2) is 0 Å². The van der Waals surface area contributed by atoms with Crippen molar-refractivity contribution in [2.24, 2.45) is 0 Å². The highest BCUT2D eigenvalue weighted by Gasteiger charge is 2.30. The van der Waals surface area contributed by atoms with Gasteiger partial charge in [-0.05, 0) is 38.0 Å². The molecule has 0 unspecified atom stereocenters. The molecule has 0 aliphatic carbocycles. The average molecular weight is 379 g/mol. The summed E-state index contributed by atoms with van der Waals surface area (Å²) >= 11 is 0. The second-order valence-electron chi connectivity index (χ2n) is 6.90. The fourth-order valence-corrected chi connectivity index (χ4v) is 3.65. The predicted molar refractivity (Wildman–Crippen MR) is 103 cm³/mol. The topological polar surface area (TPSA) is 123 Å². The van der Waals surface area contributed by atoms with Gasteiger partial charge in [0, 0.05) is 24.7 Å². The molecule has 0 radical (unpaired) electrons. The normalized spacial score (nSPS) is 16.9. The third-order valence-corrected chi connectivity index (χ3v) is 4.88. The van der Waals surface area contributed by atoms with Gasteiger partial charge in [0.1, 0.15) is 11.5 Å². The number of nitrogens with zero attached hydrogens (tertiary/aromatic N) is 5. The largest absolute Gasteiger partial charge is 0.368 e. The molecule has 28 heavy (non-hydrogen) atoms. The van der Waals surface area contributed by atoms with Gasteiger partial charge in [-0.2, -0.15) is 5.10 Å². The molecule has 9 heteroatoms. The molecule has 144 valence electrons. The van der Waals surface area contributed by atoms with Gasteiger partial charge in [-0.15, -0.1) is 0 Å². The minimum Gasteiger partial charge on any atom is -0.368 e. The van der Waals surface area contributed by atoms with Gasteiger partial charge in [0.05, 0.1) is 5.69 Å². The molecule has 3 aromatic rings. The van der Waals surface area contributed by atoms with E-state index in [2.05, 4.69) is 20.2 Å². The van der Waals surface area contributed by atoms with Crippen LogP contribution in [0.2, 0.25) is 0 Å². The fraction of sp³-hybridized carbons (Fsp3) is 0.316. The van der Waals surface area contributed by atoms with E-state index in [0.717, 1.165) is 18.5 Å². The molecule has 1 atom stereocenters. The van der Waals surface area contributed by atoms with E-state index in [0.29, 0.717) is 24.6 Å². The van der Waals surface area contributed by atoms with E-state index >= 15 is 0 Å². The maximum absolute atomic E-state index is 12.9. The van der Waals surface area contributed by atoms with Crippen LogP contribution >= 0.6 is 0 Å². The number of nitrogens with two attached hydrogens (primary N) is 1. The van der Waals surface area contributed by atoms with E-state index in [4.69, 9.17) is 5.73 Å². The summed E-state index contributed by atoms with van der Waals surface area (Å²) in [6.45, 7) is 2.85. The highest BCUT2D eigenvalue weighted by atomic mass is 16.2. The number of aryl methyl sites for hydroxylation is 1. The number of carbonyl (C=O) groups is 1. The van der Waals surface area contributed by atoms with Crippen molar-refractivity contribution in [1.29, 1.82) is 0 Å². The third kappa shape index (κ3) is 3.38. The van der Waals surface area contributed by atoms with Crippen LogP contribution < -0.4 is 11.4 Å². The zero-order valence-corrected chi connectivity index (χ0v) is 15.5. The number of hydrogen-bond donors (Lipinski definition) is 2. The molecule has 3 N–H and O–H groups in total. The van der Waals surface area contributed by atoms with Gasteiger partial charge in [0.25, 0.3) is 5.91 Å². The summed E-state index contributed by atoms with van der Waals surface area (Å²) in [4.78, 5) is 35.1. The molecule has 1 aliphatic rings. The van der Waals surface area contributed by atoms with E-state index in [1.807, 2.05) is 30.3 Å². The monoisotopic (exact) mass is 379 g/mol. The van der Waals surface area contributed by atoms with Crippen LogP contribution in [-0.4, -0.2) is 48.6 Å². The Hall–Kier alpha value is -3.49. The van der Waals surface area contributed by atoms with E-state index in [1.54, 1.807) is 22.5 Å². The summed E-state index contributed by atoms with van der Waals surface area (Å²) in [5.74, 6) is 0.470. The molecule has 1 amide bonds. The van der Waals surface area contributed by atoms with Crippen molar-refractivity contribution in [3.05, 3.63) is 64.1 Å². The van der Waals surface area contributed by atoms with Crippen LogP contribution in [0.1, 0.15) is 40.8 Å². The van der Waals surface area contributed by atoms with Crippen molar-refractivity contribution >= 4 is 11.9 Å². The number of aromatic amines is 1. The van der Waals surface area contributed by atoms with Crippen molar-refractivity contribution in [2.75, 3.05) is 18.8 Å². The number of nitrogen functional groups attached to an aromatic ring is 1. The fourth-order valence-electron chi connectivity index (χ4n) is 3.65. The third-order valence-electron chi connectivity index (χ3n) is 4.88. The minimum absolute atomic E-state index is 0.0582. The number of hydrogen-bond acceptors (Lipinski definition) is 6. The van der Waals surface area contributed by atoms with Gasteiger partial charge in [-0.25, -0.2) is 24.4 Å². The Morgan fingerprint density at radius 1 is 1.25 bits per heavy atom. The van der Waals surface area contributed by atoms with E-state index in [9.17, 15) is 9.59 Å². The number of carbonyl (C=O) groups excluding carboxylic acids is 1. The average Bonchev–Trinajstić information content (AvgIpc) is 3.09. The van der Waals surface area contributed by atoms with Gasteiger partial charge in [-0.3, -0.25) is 4.79 Å². The quantitative estimate of drug-likeness (QED) is 0.706. The van der Waals surface area contributed by atoms with Crippen LogP contribution in [0.3, 0.4) is 0 Å². The molecular weight excluding hydrogens is 358 g/mol. The number of benzene rings is 1. The summed E-state index contributed by atoms with van der Waals surface area (Å²) in [7, 11) is 0. The number of piperidine rings is 1. The molecule has 0 bridgehead atoms. The van der Waals surface area contributed by atoms with Crippen molar-refractivity contribution in [3.63, 3.8) is 0 Å². The van der Waals surface area contributed by atoms with Gasteiger partial charge < -0.3 is 10.6 Å². The van der Waals surface area contributed by atoms with Crippen LogP contribution in [0.4, 0.5) is 5.95 Å². The van der Waals surface area contributed by atoms with Crippen LogP contribution in [0.5, 0.6) is 0 Å². The lowest BCUT2D eigenvalue weighted by atomic mass is 9.96. The van der Waals surface area contributed by atoms with Crippen LogP contribution in [0, 0.1) is 6.92 Å². The second-order valence-corrected chi connectivity index (χ2v) is 6.90. The Bertz CT molecular complexity index is 1040. The molecule has 0 spiro atoms. The van der Waals surface area contributed by atoms with Gasteiger partial charge in [0.2, 0.25) is 5.95 Å². The zero-order valence-electron chi connectivity index (χ0n) is 15.5. The first-order valence-electron chi connectivity index (χ1n) is 9.16. The summed E-state index contributed by atoms with van der Waals surface area (Å²) in [6.07, 6.45) is 1.65. The van der Waals surface area contributed by atoms with Crippen LogP contribution in [0.25, 0.3) is 5.69 Å². The van der Waals surface area contributed by atoms with E-state index < -0.39 is 0 Å². The van der Waals surface area contributed by atoms with Crippen LogP contribution in [-0.2, 0) is 0 Å². The number of aromatic nitrogens is 5. The molecule has 1 aromatic carbocycles. The Labute approximate surface area is 161 Å². The Kier molecular flexibility index (Phi) is 4.64. The number of amides is 1. The van der Waals surface area contributed by atoms with E-state index in [1.165, 1.54) is 0 Å². The Morgan fingerprint density at radius 3 is 2.79 bits per heavy atom. The van der Waals surface area contributed by atoms with Crippen molar-refractivity contribution in [3.8, 4) is 5.69 Å². The lowest BCUT2D eigenvalue weighted by Gasteiger charge is -2.32. The molecule has 3 heterocycles. The van der Waals surface area contributed by atoms with Crippen LogP contribution in [0.15, 0.2) is 41.2 Å². The first-order chi connectivity index (χ1) is 13.5. The lowest BCUT2D eigenvalue weighted by molar-refractivity contribution is 0.0697. The maximum Gasteiger partial charge on any atom is 0.347 e. The number of H-pyrrole nitrogens is 1. The highest BCUT2D eigenvalue weighted by molar-refractivity contribution is 5.92. The maximum atomic E-state index is 12.9. The molecule has 1 saturated heterocycles. The molecule has 4 rings (SSSR count). The van der Waals surface area contributed by atoms with Crippen molar-refractivity contribution in [1.82, 2.24) is 29.6 Å². The molecule has 0 saturated carbocycles. The summed E-state index contributed by atoms with van der Waals surface area (Å²) < 4.78 is 1.57. The molecule has 2 aromatic heterocycles. The minimum atomic E-state index is -0.288. The molecular formula is C19H21N7O2. The SMILES string of the molecule is Cc1cc(C(=O)N2CCC[C@H](c3n[nH]c(=O)n3-c3ccccc3)C2)nc(N)n1. The first kappa shape index (κ1) is 17.9. The lowest BCUT2D eigenvalue weighted by Crippen LogP contribution is -2.40. The smallest absolute Gasteiger partial charge is 0.347 e. The Balaban J connectivity index is 1.62. The summed E-state index contributed by atoms with van der Waals surface area (Å²) in [5, 5.41) is 6.79. The highest BCUT2D eigenvalue weighted by Crippen LogP contribution is 2.27. The summed E-state index contributed by atoms with van der Waals surface area (Å²) in [5.41, 5.74) is 7.08. The number of likely N-dealkylation sites (tertiary alicyclic amines) is 1. The molecule has 1 fully saturated rings. The summed E-state index contributed by atoms with van der Waals surface area (Å²) in [6, 6.07) is 11.0. The second kappa shape index (κ2) is 7.26. The standard InChI is InChI=1S/C19H21N7O2/c1-12-10-15(22-18(20)21-12)17(27)25-9-5-6-13(11-25)16-23-24-19(28)26(16)14-7-3-2-4-8-14/h2-4,7-8,10,13H,5-6,9,11H2,1H3,(H,24,28)(H2,20,21,22)/t13-/m0/s1.